The van der Waals surface area contributed by atoms with Crippen molar-refractivity contribution in [3.8, 4) is 0 Å². The third-order valence-electron chi connectivity index (χ3n) is 2.92. The Morgan fingerprint density at radius 2 is 1.95 bits per heavy atom. The van der Waals surface area contributed by atoms with E-state index in [1.807, 2.05) is 18.8 Å². The molecule has 0 saturated carbocycles. The maximum absolute atomic E-state index is 4.32. The highest BCUT2D eigenvalue weighted by atomic mass is 127. The van der Waals surface area contributed by atoms with Gasteiger partial charge in [0.2, 0.25) is 0 Å². The van der Waals surface area contributed by atoms with E-state index in [-0.39, 0.29) is 24.0 Å². The van der Waals surface area contributed by atoms with Crippen LogP contribution < -0.4 is 5.32 Å². The second kappa shape index (κ2) is 11.3. The van der Waals surface area contributed by atoms with E-state index in [9.17, 15) is 0 Å². The summed E-state index contributed by atoms with van der Waals surface area (Å²) < 4.78 is 0. The highest BCUT2D eigenvalue weighted by molar-refractivity contribution is 14.0. The van der Waals surface area contributed by atoms with E-state index in [0.29, 0.717) is 0 Å². The van der Waals surface area contributed by atoms with Crippen molar-refractivity contribution in [2.45, 2.75) is 19.9 Å². The van der Waals surface area contributed by atoms with Gasteiger partial charge in [0.15, 0.2) is 5.96 Å². The lowest BCUT2D eigenvalue weighted by Crippen LogP contribution is -2.39. The van der Waals surface area contributed by atoms with E-state index in [0.717, 1.165) is 19.0 Å². The van der Waals surface area contributed by atoms with Crippen LogP contribution in [0.3, 0.4) is 0 Å². The average Bonchev–Trinajstić information content (AvgIpc) is 2.41. The fourth-order valence-electron chi connectivity index (χ4n) is 1.84. The van der Waals surface area contributed by atoms with Crippen LogP contribution in [-0.2, 0) is 6.54 Å². The number of aliphatic imine (C=N–C) groups is 1. The number of nitrogens with one attached hydrogen (secondary N) is 1. The maximum Gasteiger partial charge on any atom is 0.193 e. The van der Waals surface area contributed by atoms with Gasteiger partial charge in [0.25, 0.3) is 0 Å². The lowest BCUT2D eigenvalue weighted by atomic mass is 10.1. The minimum Gasteiger partial charge on any atom is -0.356 e. The summed E-state index contributed by atoms with van der Waals surface area (Å²) in [4.78, 5) is 6.48. The predicted molar refractivity (Wildman–Crippen MR) is 102 cm³/mol. The first kappa shape index (κ1) is 19.6. The highest BCUT2D eigenvalue weighted by Crippen LogP contribution is 2.06. The van der Waals surface area contributed by atoms with Gasteiger partial charge in [-0.05, 0) is 30.9 Å². The van der Waals surface area contributed by atoms with Gasteiger partial charge in [0.05, 0.1) is 0 Å². The van der Waals surface area contributed by atoms with Crippen molar-refractivity contribution in [3.63, 3.8) is 0 Å². The molecule has 0 aromatic heterocycles. The molecular weight excluding hydrogens is 381 g/mol. The van der Waals surface area contributed by atoms with E-state index in [1.165, 1.54) is 23.3 Å². The molecule has 5 heteroatoms. The summed E-state index contributed by atoms with van der Waals surface area (Å²) in [6.07, 6.45) is 3.30. The molecule has 0 bridgehead atoms. The van der Waals surface area contributed by atoms with Crippen LogP contribution in [0.15, 0.2) is 29.3 Å². The fraction of sp³-hybridized carbons (Fsp3) is 0.533. The zero-order valence-corrected chi connectivity index (χ0v) is 16.0. The minimum absolute atomic E-state index is 0. The predicted octanol–water partition coefficient (Wildman–Crippen LogP) is 3.37. The smallest absolute Gasteiger partial charge is 0.193 e. The van der Waals surface area contributed by atoms with E-state index in [1.54, 1.807) is 0 Å². The lowest BCUT2D eigenvalue weighted by molar-refractivity contribution is 0.477. The molecule has 0 amide bonds. The van der Waals surface area contributed by atoms with Gasteiger partial charge in [0.1, 0.15) is 0 Å². The van der Waals surface area contributed by atoms with E-state index in [4.69, 9.17) is 0 Å². The zero-order valence-electron chi connectivity index (χ0n) is 12.8. The first-order valence-electron chi connectivity index (χ1n) is 6.63. The Labute approximate surface area is 144 Å². The number of benzene rings is 1. The Kier molecular flexibility index (Phi) is 11.0. The van der Waals surface area contributed by atoms with Gasteiger partial charge in [-0.1, -0.05) is 29.8 Å². The van der Waals surface area contributed by atoms with Crippen LogP contribution in [0.1, 0.15) is 17.5 Å². The summed E-state index contributed by atoms with van der Waals surface area (Å²) in [5, 5.41) is 3.40. The Morgan fingerprint density at radius 1 is 1.30 bits per heavy atom. The molecular formula is C15H26IN3S. The van der Waals surface area contributed by atoms with E-state index in [2.05, 4.69) is 59.7 Å². The van der Waals surface area contributed by atoms with Crippen LogP contribution in [0.4, 0.5) is 0 Å². The molecule has 0 radical (unpaired) electrons. The van der Waals surface area contributed by atoms with Crippen LogP contribution in [0.2, 0.25) is 0 Å². The molecule has 0 unspecified atom stereocenters. The van der Waals surface area contributed by atoms with Gasteiger partial charge in [0, 0.05) is 27.2 Å². The third kappa shape index (κ3) is 7.38. The maximum atomic E-state index is 4.32. The number of thioether (sulfide) groups is 1. The van der Waals surface area contributed by atoms with Gasteiger partial charge in [-0.25, -0.2) is 0 Å². The highest BCUT2D eigenvalue weighted by Gasteiger charge is 2.05. The van der Waals surface area contributed by atoms with Crippen molar-refractivity contribution in [1.29, 1.82) is 0 Å². The summed E-state index contributed by atoms with van der Waals surface area (Å²) in [7, 11) is 3.91. The first-order chi connectivity index (χ1) is 9.17. The molecule has 0 aliphatic rings. The van der Waals surface area contributed by atoms with Crippen LogP contribution in [0, 0.1) is 6.92 Å². The van der Waals surface area contributed by atoms with Crippen LogP contribution in [-0.4, -0.2) is 43.5 Å². The Balaban J connectivity index is 0.00000361. The standard InChI is InChI=1S/C15H25N3S.HI/c1-13-6-8-14(9-7-13)12-18(3)15(16-2)17-10-5-11-19-4;/h6-9H,5,10-12H2,1-4H3,(H,16,17);1H. The second-order valence-electron chi connectivity index (χ2n) is 4.66. The van der Waals surface area contributed by atoms with Crippen molar-refractivity contribution in [3.05, 3.63) is 35.4 Å². The fourth-order valence-corrected chi connectivity index (χ4v) is 2.28. The van der Waals surface area contributed by atoms with Crippen molar-refractivity contribution < 1.29 is 0 Å². The molecule has 1 aromatic carbocycles. The van der Waals surface area contributed by atoms with Gasteiger partial charge in [-0.15, -0.1) is 24.0 Å². The van der Waals surface area contributed by atoms with Crippen molar-refractivity contribution in [1.82, 2.24) is 10.2 Å². The molecule has 1 aromatic rings. The summed E-state index contributed by atoms with van der Waals surface area (Å²) in [5.74, 6) is 2.15. The molecule has 20 heavy (non-hydrogen) atoms. The van der Waals surface area contributed by atoms with Gasteiger partial charge in [-0.3, -0.25) is 4.99 Å². The Bertz CT molecular complexity index is 393. The largest absolute Gasteiger partial charge is 0.356 e. The molecule has 0 aliphatic carbocycles. The van der Waals surface area contributed by atoms with Crippen LogP contribution >= 0.6 is 35.7 Å². The molecule has 3 nitrogen and oxygen atoms in total. The van der Waals surface area contributed by atoms with E-state index < -0.39 is 0 Å². The SMILES string of the molecule is CN=C(NCCCSC)N(C)Cc1ccc(C)cc1.I. The quantitative estimate of drug-likeness (QED) is 0.339. The topological polar surface area (TPSA) is 27.6 Å². The Hall–Kier alpha value is -0.430. The molecule has 0 heterocycles. The van der Waals surface area contributed by atoms with Crippen LogP contribution in [0.5, 0.6) is 0 Å². The average molecular weight is 407 g/mol. The van der Waals surface area contributed by atoms with Gasteiger partial charge in [-0.2, -0.15) is 11.8 Å². The first-order valence-corrected chi connectivity index (χ1v) is 8.03. The summed E-state index contributed by atoms with van der Waals surface area (Å²) in [6.45, 7) is 3.97. The summed E-state index contributed by atoms with van der Waals surface area (Å²) in [6, 6.07) is 8.65. The molecule has 114 valence electrons. The lowest BCUT2D eigenvalue weighted by Gasteiger charge is -2.22. The van der Waals surface area contributed by atoms with Crippen molar-refractivity contribution in [2.75, 3.05) is 32.6 Å². The monoisotopic (exact) mass is 407 g/mol. The summed E-state index contributed by atoms with van der Waals surface area (Å²) >= 11 is 1.88. The number of aryl methyl sites for hydroxylation is 1. The molecule has 1 rings (SSSR count). The molecule has 0 aliphatic heterocycles. The molecule has 0 saturated heterocycles. The second-order valence-corrected chi connectivity index (χ2v) is 5.65. The number of halogens is 1. The number of hydrogen-bond acceptors (Lipinski definition) is 2. The molecule has 0 fully saturated rings. The van der Waals surface area contributed by atoms with Crippen LogP contribution in [0.25, 0.3) is 0 Å². The molecule has 0 atom stereocenters. The minimum atomic E-state index is 0. The van der Waals surface area contributed by atoms with Gasteiger partial charge < -0.3 is 10.2 Å². The zero-order chi connectivity index (χ0) is 14.1. The van der Waals surface area contributed by atoms with Gasteiger partial charge >= 0.3 is 0 Å². The number of guanidine groups is 1. The third-order valence-corrected chi connectivity index (χ3v) is 3.62. The molecule has 1 N–H and O–H groups in total. The number of nitrogens with zero attached hydrogens (tertiary/aromatic N) is 2. The normalized spacial score (nSPS) is 10.9. The van der Waals surface area contributed by atoms with Crippen molar-refractivity contribution in [2.24, 2.45) is 4.99 Å². The number of hydrogen-bond donors (Lipinski definition) is 1. The molecule has 0 spiro atoms. The van der Waals surface area contributed by atoms with E-state index >= 15 is 0 Å². The van der Waals surface area contributed by atoms with Crippen molar-refractivity contribution >= 4 is 41.7 Å². The number of rotatable bonds is 6. The Morgan fingerprint density at radius 3 is 2.50 bits per heavy atom. The summed E-state index contributed by atoms with van der Waals surface area (Å²) in [5.41, 5.74) is 2.60.